The minimum Gasteiger partial charge on any atom is -0.491 e. The zero-order valence-electron chi connectivity index (χ0n) is 11.5. The Labute approximate surface area is 123 Å². The van der Waals surface area contributed by atoms with Crippen LogP contribution in [0.3, 0.4) is 0 Å². The monoisotopic (exact) mass is 283 g/mol. The molecule has 0 bridgehead atoms. The third-order valence-corrected chi connectivity index (χ3v) is 3.64. The molecule has 0 amide bonds. The van der Waals surface area contributed by atoms with E-state index in [4.69, 9.17) is 15.7 Å². The van der Waals surface area contributed by atoms with Crippen molar-refractivity contribution in [3.63, 3.8) is 0 Å². The fraction of sp³-hybridized carbons (Fsp3) is 0.188. The number of hydrogen-bond donors (Lipinski definition) is 3. The molecule has 0 saturated heterocycles. The number of fused-ring (bicyclic) bond motifs is 1. The van der Waals surface area contributed by atoms with Gasteiger partial charge < -0.3 is 21.0 Å². The van der Waals surface area contributed by atoms with E-state index in [9.17, 15) is 0 Å². The van der Waals surface area contributed by atoms with Crippen molar-refractivity contribution in [3.8, 4) is 5.75 Å². The van der Waals surface area contributed by atoms with Gasteiger partial charge in [-0.1, -0.05) is 47.6 Å². The molecule has 108 valence electrons. The lowest BCUT2D eigenvalue weighted by molar-refractivity contribution is 0.310. The van der Waals surface area contributed by atoms with Gasteiger partial charge in [-0.15, -0.1) is 0 Å². The Balaban J connectivity index is 1.75. The van der Waals surface area contributed by atoms with Crippen molar-refractivity contribution in [1.82, 2.24) is 5.32 Å². The van der Waals surface area contributed by atoms with E-state index in [2.05, 4.69) is 16.5 Å². The first-order valence-corrected chi connectivity index (χ1v) is 6.80. The summed E-state index contributed by atoms with van der Waals surface area (Å²) in [5.41, 5.74) is 8.59. The number of nitrogens with two attached hydrogens (primary N) is 1. The molecule has 2 aromatic rings. The van der Waals surface area contributed by atoms with Gasteiger partial charge in [-0.25, -0.2) is 0 Å². The first-order valence-electron chi connectivity index (χ1n) is 6.80. The predicted octanol–water partition coefficient (Wildman–Crippen LogP) is 2.00. The molecule has 1 heterocycles. The summed E-state index contributed by atoms with van der Waals surface area (Å²) in [6.07, 6.45) is 0. The number of benzene rings is 2. The number of oxime groups is 1. The molecular formula is C16H17N3O2. The van der Waals surface area contributed by atoms with Gasteiger partial charge in [0.05, 0.1) is 6.04 Å². The maximum atomic E-state index is 8.85. The van der Waals surface area contributed by atoms with Crippen molar-refractivity contribution in [3.05, 3.63) is 65.2 Å². The molecule has 4 N–H and O–H groups in total. The van der Waals surface area contributed by atoms with E-state index in [0.717, 1.165) is 16.9 Å². The topological polar surface area (TPSA) is 79.9 Å². The number of amidine groups is 1. The molecule has 0 saturated carbocycles. The van der Waals surface area contributed by atoms with Crippen molar-refractivity contribution in [2.45, 2.75) is 12.6 Å². The Kier molecular flexibility index (Phi) is 3.75. The molecule has 5 heteroatoms. The molecule has 1 atom stereocenters. The van der Waals surface area contributed by atoms with Gasteiger partial charge in [-0.2, -0.15) is 0 Å². The number of nitrogens with zero attached hydrogens (tertiary/aromatic N) is 1. The Morgan fingerprint density at radius 3 is 2.86 bits per heavy atom. The Morgan fingerprint density at radius 2 is 2.00 bits per heavy atom. The minimum absolute atomic E-state index is 0.121. The van der Waals surface area contributed by atoms with E-state index in [1.807, 2.05) is 42.5 Å². The van der Waals surface area contributed by atoms with E-state index in [0.29, 0.717) is 13.2 Å². The molecule has 0 radical (unpaired) electrons. The number of rotatable bonds is 4. The molecule has 0 fully saturated rings. The quantitative estimate of drug-likeness (QED) is 0.347. The van der Waals surface area contributed by atoms with Gasteiger partial charge in [0.15, 0.2) is 5.84 Å². The summed E-state index contributed by atoms with van der Waals surface area (Å²) in [5, 5.41) is 15.4. The molecule has 0 aliphatic carbocycles. The maximum Gasteiger partial charge on any atom is 0.170 e. The summed E-state index contributed by atoms with van der Waals surface area (Å²) < 4.78 is 5.65. The SMILES string of the molecule is NC(=NO)c1ccccc1CNC1COc2ccccc21. The molecule has 3 rings (SSSR count). The van der Waals surface area contributed by atoms with E-state index in [1.165, 1.54) is 5.56 Å². The fourth-order valence-electron chi connectivity index (χ4n) is 2.54. The lowest BCUT2D eigenvalue weighted by Gasteiger charge is -2.14. The summed E-state index contributed by atoms with van der Waals surface area (Å²) >= 11 is 0. The van der Waals surface area contributed by atoms with Crippen LogP contribution < -0.4 is 15.8 Å². The van der Waals surface area contributed by atoms with Crippen LogP contribution >= 0.6 is 0 Å². The van der Waals surface area contributed by atoms with Crippen LogP contribution in [0.25, 0.3) is 0 Å². The van der Waals surface area contributed by atoms with Crippen LogP contribution in [-0.4, -0.2) is 17.6 Å². The summed E-state index contributed by atoms with van der Waals surface area (Å²) in [4.78, 5) is 0. The first-order chi connectivity index (χ1) is 10.3. The largest absolute Gasteiger partial charge is 0.491 e. The second-order valence-electron chi connectivity index (χ2n) is 4.92. The van der Waals surface area contributed by atoms with Crippen molar-refractivity contribution in [2.75, 3.05) is 6.61 Å². The average Bonchev–Trinajstić information content (AvgIpc) is 2.96. The van der Waals surface area contributed by atoms with Gasteiger partial charge in [0.25, 0.3) is 0 Å². The molecule has 1 aliphatic rings. The van der Waals surface area contributed by atoms with Crippen molar-refractivity contribution in [1.29, 1.82) is 0 Å². The van der Waals surface area contributed by atoms with Gasteiger partial charge >= 0.3 is 0 Å². The summed E-state index contributed by atoms with van der Waals surface area (Å²) in [5.74, 6) is 1.05. The number of para-hydroxylation sites is 1. The minimum atomic E-state index is 0.121. The number of nitrogens with one attached hydrogen (secondary N) is 1. The maximum absolute atomic E-state index is 8.85. The van der Waals surface area contributed by atoms with Gasteiger partial charge in [-0.05, 0) is 11.6 Å². The number of hydrogen-bond acceptors (Lipinski definition) is 4. The van der Waals surface area contributed by atoms with E-state index in [-0.39, 0.29) is 11.9 Å². The van der Waals surface area contributed by atoms with Crippen LogP contribution in [0.1, 0.15) is 22.7 Å². The van der Waals surface area contributed by atoms with Gasteiger partial charge in [0, 0.05) is 17.7 Å². The second-order valence-corrected chi connectivity index (χ2v) is 4.92. The van der Waals surface area contributed by atoms with Crippen molar-refractivity contribution >= 4 is 5.84 Å². The van der Waals surface area contributed by atoms with Crippen LogP contribution in [0, 0.1) is 0 Å². The zero-order chi connectivity index (χ0) is 14.7. The lowest BCUT2D eigenvalue weighted by atomic mass is 10.0. The Morgan fingerprint density at radius 1 is 1.24 bits per heavy atom. The molecule has 0 spiro atoms. The predicted molar refractivity (Wildman–Crippen MR) is 80.5 cm³/mol. The fourth-order valence-corrected chi connectivity index (χ4v) is 2.54. The highest BCUT2D eigenvalue weighted by molar-refractivity contribution is 5.98. The van der Waals surface area contributed by atoms with Crippen LogP contribution in [0.15, 0.2) is 53.7 Å². The van der Waals surface area contributed by atoms with Gasteiger partial charge in [0.1, 0.15) is 12.4 Å². The summed E-state index contributed by atoms with van der Waals surface area (Å²) in [7, 11) is 0. The van der Waals surface area contributed by atoms with Crippen LogP contribution in [0.4, 0.5) is 0 Å². The average molecular weight is 283 g/mol. The highest BCUT2D eigenvalue weighted by Crippen LogP contribution is 2.31. The van der Waals surface area contributed by atoms with Crippen LogP contribution in [-0.2, 0) is 6.54 Å². The molecule has 21 heavy (non-hydrogen) atoms. The molecule has 1 unspecified atom stereocenters. The third kappa shape index (κ3) is 2.68. The Bertz CT molecular complexity index is 670. The molecule has 2 aromatic carbocycles. The van der Waals surface area contributed by atoms with Crippen LogP contribution in [0.2, 0.25) is 0 Å². The summed E-state index contributed by atoms with van der Waals surface area (Å²) in [6, 6.07) is 15.8. The van der Waals surface area contributed by atoms with E-state index in [1.54, 1.807) is 0 Å². The molecular weight excluding hydrogens is 266 g/mol. The molecule has 1 aliphatic heterocycles. The molecule has 5 nitrogen and oxygen atoms in total. The smallest absolute Gasteiger partial charge is 0.170 e. The standard InChI is InChI=1S/C16H17N3O2/c17-16(19-20)12-6-2-1-5-11(12)9-18-14-10-21-15-8-4-3-7-13(14)15/h1-8,14,18,20H,9-10H2,(H2,17,19). The van der Waals surface area contributed by atoms with Gasteiger partial charge in [0.2, 0.25) is 0 Å². The normalized spacial score (nSPS) is 17.3. The lowest BCUT2D eigenvalue weighted by Crippen LogP contribution is -2.24. The van der Waals surface area contributed by atoms with E-state index >= 15 is 0 Å². The first kappa shape index (κ1) is 13.5. The Hall–Kier alpha value is -2.53. The van der Waals surface area contributed by atoms with Crippen molar-refractivity contribution in [2.24, 2.45) is 10.9 Å². The highest BCUT2D eigenvalue weighted by atomic mass is 16.5. The second kappa shape index (κ2) is 5.85. The van der Waals surface area contributed by atoms with E-state index < -0.39 is 0 Å². The number of ether oxygens (including phenoxy) is 1. The van der Waals surface area contributed by atoms with Crippen LogP contribution in [0.5, 0.6) is 5.75 Å². The molecule has 0 aromatic heterocycles. The van der Waals surface area contributed by atoms with Crippen molar-refractivity contribution < 1.29 is 9.94 Å². The third-order valence-electron chi connectivity index (χ3n) is 3.64. The summed E-state index contributed by atoms with van der Waals surface area (Å²) in [6.45, 7) is 1.24. The zero-order valence-corrected chi connectivity index (χ0v) is 11.5. The highest BCUT2D eigenvalue weighted by Gasteiger charge is 2.23. The van der Waals surface area contributed by atoms with Gasteiger partial charge in [-0.3, -0.25) is 0 Å².